The van der Waals surface area contributed by atoms with Crippen molar-refractivity contribution in [2.75, 3.05) is 6.73 Å². The fourth-order valence-corrected chi connectivity index (χ4v) is 1.93. The van der Waals surface area contributed by atoms with Gasteiger partial charge < -0.3 is 9.64 Å². The molecule has 0 N–H and O–H groups in total. The second-order valence-corrected chi connectivity index (χ2v) is 5.05. The van der Waals surface area contributed by atoms with Gasteiger partial charge in [-0.25, -0.2) is 0 Å². The highest BCUT2D eigenvalue weighted by molar-refractivity contribution is 5.98. The summed E-state index contributed by atoms with van der Waals surface area (Å²) in [5.41, 5.74) is 1.88. The molecule has 2 rings (SSSR count). The summed E-state index contributed by atoms with van der Waals surface area (Å²) in [5, 5.41) is 0. The molecule has 1 aliphatic rings. The normalized spacial score (nSPS) is 15.2. The van der Waals surface area contributed by atoms with E-state index in [9.17, 15) is 4.79 Å². The molecule has 92 valence electrons. The van der Waals surface area contributed by atoms with Crippen LogP contribution in [0.15, 0.2) is 18.2 Å². The van der Waals surface area contributed by atoms with E-state index in [0.29, 0.717) is 18.2 Å². The van der Waals surface area contributed by atoms with Crippen molar-refractivity contribution in [3.8, 4) is 5.75 Å². The van der Waals surface area contributed by atoms with Gasteiger partial charge in [-0.2, -0.15) is 0 Å². The summed E-state index contributed by atoms with van der Waals surface area (Å²) in [6.45, 7) is 8.61. The number of fused-ring (bicyclic) bond motifs is 1. The van der Waals surface area contributed by atoms with Crippen molar-refractivity contribution < 1.29 is 9.53 Å². The number of hydrogen-bond donors (Lipinski definition) is 0. The number of nitrogens with zero attached hydrogens (tertiary/aromatic N) is 1. The fourth-order valence-electron chi connectivity index (χ4n) is 1.93. The van der Waals surface area contributed by atoms with Crippen molar-refractivity contribution in [3.05, 3.63) is 29.3 Å². The van der Waals surface area contributed by atoms with Crippen LogP contribution in [0.25, 0.3) is 0 Å². The van der Waals surface area contributed by atoms with Gasteiger partial charge >= 0.3 is 0 Å². The molecule has 1 aromatic carbocycles. The second kappa shape index (κ2) is 4.40. The van der Waals surface area contributed by atoms with Gasteiger partial charge in [0.05, 0.1) is 5.56 Å². The lowest BCUT2D eigenvalue weighted by Gasteiger charge is -2.32. The Balaban J connectivity index is 2.36. The Hall–Kier alpha value is -1.51. The van der Waals surface area contributed by atoms with E-state index >= 15 is 0 Å². The van der Waals surface area contributed by atoms with Gasteiger partial charge in [-0.05, 0) is 37.5 Å². The Bertz CT molecular complexity index is 438. The first-order chi connectivity index (χ1) is 8.00. The van der Waals surface area contributed by atoms with Crippen LogP contribution >= 0.6 is 0 Å². The van der Waals surface area contributed by atoms with Crippen LogP contribution in [-0.2, 0) is 0 Å². The van der Waals surface area contributed by atoms with Crippen LogP contribution in [0.1, 0.15) is 49.5 Å². The minimum absolute atomic E-state index is 0.0663. The zero-order valence-corrected chi connectivity index (χ0v) is 10.9. The quantitative estimate of drug-likeness (QED) is 0.785. The van der Waals surface area contributed by atoms with E-state index in [0.717, 1.165) is 5.75 Å². The summed E-state index contributed by atoms with van der Waals surface area (Å²) in [6.07, 6.45) is 0. The molecule has 1 heterocycles. The SMILES string of the molecule is CC(C)c1ccc2c(c1)OCN(C(C)C)C2=O. The molecule has 0 aromatic heterocycles. The Morgan fingerprint density at radius 2 is 1.94 bits per heavy atom. The number of rotatable bonds is 2. The van der Waals surface area contributed by atoms with E-state index in [1.54, 1.807) is 4.90 Å². The average Bonchev–Trinajstić information content (AvgIpc) is 2.28. The molecular formula is C14H19NO2. The predicted molar refractivity (Wildman–Crippen MR) is 67.3 cm³/mol. The molecule has 0 bridgehead atoms. The number of hydrogen-bond acceptors (Lipinski definition) is 2. The third-order valence-electron chi connectivity index (χ3n) is 3.15. The largest absolute Gasteiger partial charge is 0.472 e. The standard InChI is InChI=1S/C14H19NO2/c1-9(2)11-5-6-12-13(7-11)17-8-15(10(3)4)14(12)16/h5-7,9-10H,8H2,1-4H3. The molecule has 1 aliphatic heterocycles. The Morgan fingerprint density at radius 3 is 2.53 bits per heavy atom. The maximum atomic E-state index is 12.2. The summed E-state index contributed by atoms with van der Waals surface area (Å²) in [6, 6.07) is 6.03. The molecule has 0 atom stereocenters. The zero-order valence-electron chi connectivity index (χ0n) is 10.9. The summed E-state index contributed by atoms with van der Waals surface area (Å²) < 4.78 is 5.66. The first-order valence-corrected chi connectivity index (χ1v) is 6.08. The molecule has 0 radical (unpaired) electrons. The number of amides is 1. The molecule has 17 heavy (non-hydrogen) atoms. The van der Waals surface area contributed by atoms with Gasteiger partial charge in [-0.1, -0.05) is 19.9 Å². The monoisotopic (exact) mass is 233 g/mol. The predicted octanol–water partition coefficient (Wildman–Crippen LogP) is 3.01. The Labute approximate surface area is 102 Å². The third-order valence-corrected chi connectivity index (χ3v) is 3.15. The lowest BCUT2D eigenvalue weighted by atomic mass is 10.00. The van der Waals surface area contributed by atoms with Crippen LogP contribution in [0.5, 0.6) is 5.75 Å². The number of ether oxygens (including phenoxy) is 1. The average molecular weight is 233 g/mol. The zero-order chi connectivity index (χ0) is 12.6. The molecule has 0 unspecified atom stereocenters. The molecule has 1 amide bonds. The summed E-state index contributed by atoms with van der Waals surface area (Å²) in [5.74, 6) is 1.23. The third kappa shape index (κ3) is 2.14. The molecule has 3 nitrogen and oxygen atoms in total. The maximum absolute atomic E-state index is 12.2. The van der Waals surface area contributed by atoms with E-state index in [-0.39, 0.29) is 11.9 Å². The van der Waals surface area contributed by atoms with Gasteiger partial charge in [0.1, 0.15) is 5.75 Å². The van der Waals surface area contributed by atoms with Crippen molar-refractivity contribution in [2.45, 2.75) is 39.7 Å². The molecule has 0 saturated carbocycles. The summed E-state index contributed by atoms with van der Waals surface area (Å²) in [4.78, 5) is 13.9. The molecule has 0 aliphatic carbocycles. The van der Waals surface area contributed by atoms with Crippen LogP contribution in [-0.4, -0.2) is 23.6 Å². The van der Waals surface area contributed by atoms with E-state index in [2.05, 4.69) is 13.8 Å². The van der Waals surface area contributed by atoms with Gasteiger partial charge in [0.15, 0.2) is 6.73 Å². The van der Waals surface area contributed by atoms with Gasteiger partial charge in [-0.15, -0.1) is 0 Å². The number of benzene rings is 1. The van der Waals surface area contributed by atoms with E-state index < -0.39 is 0 Å². The lowest BCUT2D eigenvalue weighted by molar-refractivity contribution is 0.0432. The first kappa shape index (κ1) is 12.0. The fraction of sp³-hybridized carbons (Fsp3) is 0.500. The Morgan fingerprint density at radius 1 is 1.24 bits per heavy atom. The van der Waals surface area contributed by atoms with Gasteiger partial charge in [-0.3, -0.25) is 4.79 Å². The smallest absolute Gasteiger partial charge is 0.260 e. The van der Waals surface area contributed by atoms with Crippen LogP contribution in [0.4, 0.5) is 0 Å². The van der Waals surface area contributed by atoms with Crippen LogP contribution in [0.2, 0.25) is 0 Å². The highest BCUT2D eigenvalue weighted by Gasteiger charge is 2.27. The van der Waals surface area contributed by atoms with Crippen LogP contribution in [0.3, 0.4) is 0 Å². The summed E-state index contributed by atoms with van der Waals surface area (Å²) >= 11 is 0. The molecule has 3 heteroatoms. The summed E-state index contributed by atoms with van der Waals surface area (Å²) in [7, 11) is 0. The molecular weight excluding hydrogens is 214 g/mol. The van der Waals surface area contributed by atoms with E-state index in [4.69, 9.17) is 4.74 Å². The van der Waals surface area contributed by atoms with E-state index in [1.165, 1.54) is 5.56 Å². The highest BCUT2D eigenvalue weighted by Crippen LogP contribution is 2.29. The molecule has 0 saturated heterocycles. The van der Waals surface area contributed by atoms with E-state index in [1.807, 2.05) is 32.0 Å². The molecule has 1 aromatic rings. The second-order valence-electron chi connectivity index (χ2n) is 5.05. The number of carbonyl (C=O) groups is 1. The van der Waals surface area contributed by atoms with Gasteiger partial charge in [0, 0.05) is 6.04 Å². The first-order valence-electron chi connectivity index (χ1n) is 6.08. The topological polar surface area (TPSA) is 29.5 Å². The number of carbonyl (C=O) groups excluding carboxylic acids is 1. The van der Waals surface area contributed by atoms with Crippen molar-refractivity contribution in [3.63, 3.8) is 0 Å². The van der Waals surface area contributed by atoms with Gasteiger partial charge in [0.2, 0.25) is 0 Å². The minimum atomic E-state index is 0.0663. The highest BCUT2D eigenvalue weighted by atomic mass is 16.5. The maximum Gasteiger partial charge on any atom is 0.260 e. The van der Waals surface area contributed by atoms with Crippen LogP contribution < -0.4 is 4.74 Å². The molecule has 0 fully saturated rings. The minimum Gasteiger partial charge on any atom is -0.472 e. The Kier molecular flexibility index (Phi) is 3.09. The lowest BCUT2D eigenvalue weighted by Crippen LogP contribution is -2.43. The van der Waals surface area contributed by atoms with Crippen molar-refractivity contribution in [1.29, 1.82) is 0 Å². The van der Waals surface area contributed by atoms with Crippen molar-refractivity contribution >= 4 is 5.91 Å². The van der Waals surface area contributed by atoms with Gasteiger partial charge in [0.25, 0.3) is 5.91 Å². The van der Waals surface area contributed by atoms with Crippen LogP contribution in [0, 0.1) is 0 Å². The van der Waals surface area contributed by atoms with Crippen molar-refractivity contribution in [1.82, 2.24) is 4.90 Å². The van der Waals surface area contributed by atoms with Crippen molar-refractivity contribution in [2.24, 2.45) is 0 Å². The molecule has 0 spiro atoms.